The van der Waals surface area contributed by atoms with Gasteiger partial charge in [0, 0.05) is 0 Å². The lowest BCUT2D eigenvalue weighted by Gasteiger charge is -2.14. The molecule has 0 unspecified atom stereocenters. The van der Waals surface area contributed by atoms with Gasteiger partial charge in [0.25, 0.3) is 0 Å². The smallest absolute Gasteiger partial charge is 0.00196 e. The Morgan fingerprint density at radius 1 is 0.833 bits per heavy atom. The lowest BCUT2D eigenvalue weighted by molar-refractivity contribution is 0.635. The van der Waals surface area contributed by atoms with Gasteiger partial charge in [-0.2, -0.15) is 0 Å². The van der Waals surface area contributed by atoms with Crippen LogP contribution in [0, 0.1) is 11.8 Å². The van der Waals surface area contributed by atoms with Crippen molar-refractivity contribution in [2.24, 2.45) is 17.6 Å². The van der Waals surface area contributed by atoms with Gasteiger partial charge in [0.15, 0.2) is 0 Å². The molecule has 2 aromatic rings. The van der Waals surface area contributed by atoms with Crippen molar-refractivity contribution in [2.75, 3.05) is 0 Å². The molecule has 24 heavy (non-hydrogen) atoms. The maximum Gasteiger partial charge on any atom is -0.00196 e. The molecule has 128 valence electrons. The topological polar surface area (TPSA) is 26.0 Å². The normalized spacial score (nSPS) is 11.8. The SMILES string of the molecule is CC(C)Cc1cc(Cc2ccccc2/C=C\N)cc(CC(C)C)c1. The average molecular weight is 322 g/mol. The first-order valence-corrected chi connectivity index (χ1v) is 9.05. The second-order valence-electron chi connectivity index (χ2n) is 7.59. The molecular formula is C23H31N. The molecule has 0 aliphatic rings. The summed E-state index contributed by atoms with van der Waals surface area (Å²) >= 11 is 0. The Morgan fingerprint density at radius 3 is 1.92 bits per heavy atom. The summed E-state index contributed by atoms with van der Waals surface area (Å²) in [6.45, 7) is 9.15. The van der Waals surface area contributed by atoms with Gasteiger partial charge in [-0.3, -0.25) is 0 Å². The largest absolute Gasteiger partial charge is 0.405 e. The maximum atomic E-state index is 5.60. The van der Waals surface area contributed by atoms with E-state index in [-0.39, 0.29) is 0 Å². The molecule has 0 aliphatic carbocycles. The summed E-state index contributed by atoms with van der Waals surface area (Å²) in [5.74, 6) is 1.36. The molecule has 1 heteroatoms. The molecule has 0 aromatic heterocycles. The Hall–Kier alpha value is -2.02. The van der Waals surface area contributed by atoms with Crippen LogP contribution >= 0.6 is 0 Å². The molecule has 0 spiro atoms. The number of rotatable bonds is 7. The summed E-state index contributed by atoms with van der Waals surface area (Å²) in [5, 5.41) is 0. The predicted octanol–water partition coefficient (Wildman–Crippen LogP) is 5.60. The fourth-order valence-corrected chi connectivity index (χ4v) is 3.30. The van der Waals surface area contributed by atoms with Crippen LogP contribution in [0.3, 0.4) is 0 Å². The molecule has 0 atom stereocenters. The second-order valence-corrected chi connectivity index (χ2v) is 7.59. The average Bonchev–Trinajstić information content (AvgIpc) is 2.48. The van der Waals surface area contributed by atoms with Gasteiger partial charge in [-0.05, 0) is 71.2 Å². The molecule has 0 saturated carbocycles. The van der Waals surface area contributed by atoms with Crippen molar-refractivity contribution in [3.63, 3.8) is 0 Å². The van der Waals surface area contributed by atoms with Gasteiger partial charge in [-0.1, -0.05) is 70.2 Å². The molecule has 2 rings (SSSR count). The van der Waals surface area contributed by atoms with E-state index < -0.39 is 0 Å². The molecule has 0 saturated heterocycles. The first kappa shape index (κ1) is 18.3. The zero-order valence-corrected chi connectivity index (χ0v) is 15.5. The van der Waals surface area contributed by atoms with E-state index in [1.165, 1.54) is 27.8 Å². The highest BCUT2D eigenvalue weighted by molar-refractivity contribution is 5.54. The van der Waals surface area contributed by atoms with Crippen LogP contribution in [0.15, 0.2) is 48.7 Å². The van der Waals surface area contributed by atoms with Crippen LogP contribution in [0.25, 0.3) is 6.08 Å². The van der Waals surface area contributed by atoms with E-state index in [1.807, 2.05) is 6.08 Å². The first-order chi connectivity index (χ1) is 11.5. The van der Waals surface area contributed by atoms with Crippen molar-refractivity contribution < 1.29 is 0 Å². The maximum absolute atomic E-state index is 5.60. The standard InChI is InChI=1S/C23H31N/c1-17(2)11-19-13-20(12-18(3)4)15-21(14-19)16-23-8-6-5-7-22(23)9-10-24/h5-10,13-15,17-18H,11-12,16,24H2,1-4H3/b10-9-. The predicted molar refractivity (Wildman–Crippen MR) is 106 cm³/mol. The van der Waals surface area contributed by atoms with Gasteiger partial charge < -0.3 is 5.73 Å². The van der Waals surface area contributed by atoms with Crippen molar-refractivity contribution in [3.05, 3.63) is 76.5 Å². The molecule has 2 aromatic carbocycles. The second kappa shape index (κ2) is 8.73. The molecule has 0 radical (unpaired) electrons. The van der Waals surface area contributed by atoms with Crippen molar-refractivity contribution in [1.82, 2.24) is 0 Å². The number of hydrogen-bond acceptors (Lipinski definition) is 1. The summed E-state index contributed by atoms with van der Waals surface area (Å²) in [4.78, 5) is 0. The van der Waals surface area contributed by atoms with Gasteiger partial charge in [0.2, 0.25) is 0 Å². The fourth-order valence-electron chi connectivity index (χ4n) is 3.30. The highest BCUT2D eigenvalue weighted by Crippen LogP contribution is 2.21. The molecule has 0 amide bonds. The third kappa shape index (κ3) is 5.56. The van der Waals surface area contributed by atoms with Crippen LogP contribution in [0.1, 0.15) is 55.5 Å². The van der Waals surface area contributed by atoms with Gasteiger partial charge >= 0.3 is 0 Å². The highest BCUT2D eigenvalue weighted by atomic mass is 14.5. The molecule has 0 bridgehead atoms. The van der Waals surface area contributed by atoms with Crippen LogP contribution in [-0.4, -0.2) is 0 Å². The summed E-state index contributed by atoms with van der Waals surface area (Å²) in [5.41, 5.74) is 12.5. The van der Waals surface area contributed by atoms with Crippen molar-refractivity contribution in [1.29, 1.82) is 0 Å². The Kier molecular flexibility index (Phi) is 6.66. The minimum absolute atomic E-state index is 0.680. The minimum Gasteiger partial charge on any atom is -0.405 e. The van der Waals surface area contributed by atoms with Crippen LogP contribution in [0.2, 0.25) is 0 Å². The van der Waals surface area contributed by atoms with E-state index >= 15 is 0 Å². The van der Waals surface area contributed by atoms with Gasteiger partial charge in [-0.25, -0.2) is 0 Å². The van der Waals surface area contributed by atoms with Crippen LogP contribution in [0.4, 0.5) is 0 Å². The molecule has 1 nitrogen and oxygen atoms in total. The summed E-state index contributed by atoms with van der Waals surface area (Å²) < 4.78 is 0. The first-order valence-electron chi connectivity index (χ1n) is 9.05. The van der Waals surface area contributed by atoms with Crippen molar-refractivity contribution in [2.45, 2.75) is 47.0 Å². The lowest BCUT2D eigenvalue weighted by atomic mass is 9.91. The Balaban J connectivity index is 2.34. The van der Waals surface area contributed by atoms with E-state index in [0.717, 1.165) is 19.3 Å². The molecule has 0 fully saturated rings. The third-order valence-corrected chi connectivity index (χ3v) is 4.13. The molecular weight excluding hydrogens is 290 g/mol. The number of benzene rings is 2. The monoisotopic (exact) mass is 321 g/mol. The molecule has 0 heterocycles. The number of hydrogen-bond donors (Lipinski definition) is 1. The highest BCUT2D eigenvalue weighted by Gasteiger charge is 2.07. The van der Waals surface area contributed by atoms with E-state index in [4.69, 9.17) is 5.73 Å². The minimum atomic E-state index is 0.680. The van der Waals surface area contributed by atoms with Crippen LogP contribution < -0.4 is 5.73 Å². The quantitative estimate of drug-likeness (QED) is 0.705. The number of nitrogens with two attached hydrogens (primary N) is 1. The van der Waals surface area contributed by atoms with E-state index in [2.05, 4.69) is 70.2 Å². The van der Waals surface area contributed by atoms with Gasteiger partial charge in [-0.15, -0.1) is 0 Å². The summed E-state index contributed by atoms with van der Waals surface area (Å²) in [6.07, 6.45) is 6.85. The van der Waals surface area contributed by atoms with E-state index in [0.29, 0.717) is 11.8 Å². The van der Waals surface area contributed by atoms with Crippen molar-refractivity contribution >= 4 is 6.08 Å². The van der Waals surface area contributed by atoms with Gasteiger partial charge in [0.05, 0.1) is 0 Å². The van der Waals surface area contributed by atoms with E-state index in [1.54, 1.807) is 6.20 Å². The van der Waals surface area contributed by atoms with E-state index in [9.17, 15) is 0 Å². The summed E-state index contributed by atoms with van der Waals surface area (Å²) in [7, 11) is 0. The molecule has 0 aliphatic heterocycles. The Labute approximate surface area is 147 Å². The van der Waals surface area contributed by atoms with Crippen LogP contribution in [-0.2, 0) is 19.3 Å². The fraction of sp³-hybridized carbons (Fsp3) is 0.391. The van der Waals surface area contributed by atoms with Crippen LogP contribution in [0.5, 0.6) is 0 Å². The third-order valence-electron chi connectivity index (χ3n) is 4.13. The summed E-state index contributed by atoms with van der Waals surface area (Å²) in [6, 6.07) is 15.7. The lowest BCUT2D eigenvalue weighted by Crippen LogP contribution is -2.02. The molecule has 2 N–H and O–H groups in total. The van der Waals surface area contributed by atoms with Gasteiger partial charge in [0.1, 0.15) is 0 Å². The Morgan fingerprint density at radius 2 is 1.38 bits per heavy atom. The van der Waals surface area contributed by atoms with Crippen molar-refractivity contribution in [3.8, 4) is 0 Å². The zero-order valence-electron chi connectivity index (χ0n) is 15.5. The Bertz CT molecular complexity index is 652. The zero-order chi connectivity index (χ0) is 17.5.